The van der Waals surface area contributed by atoms with Crippen LogP contribution in [0.2, 0.25) is 0 Å². The van der Waals surface area contributed by atoms with E-state index in [4.69, 9.17) is 4.74 Å². The molecule has 2 aromatic carbocycles. The van der Waals surface area contributed by atoms with Crippen molar-refractivity contribution in [3.8, 4) is 17.0 Å². The first kappa shape index (κ1) is 20.9. The van der Waals surface area contributed by atoms with E-state index in [9.17, 15) is 14.4 Å². The lowest BCUT2D eigenvalue weighted by Gasteiger charge is -2.44. The number of nitrogens with zero attached hydrogens (tertiary/aromatic N) is 2. The Hall–Kier alpha value is -3.94. The van der Waals surface area contributed by atoms with Crippen LogP contribution >= 0.6 is 0 Å². The third kappa shape index (κ3) is 3.88. The smallest absolute Gasteiger partial charge is 0.253 e. The number of hydrogen-bond acceptors (Lipinski definition) is 5. The average molecular weight is 444 g/mol. The number of nitrogens with one attached hydrogen (secondary N) is 2. The molecule has 0 unspecified atom stereocenters. The summed E-state index contributed by atoms with van der Waals surface area (Å²) in [7, 11) is 1.55. The number of benzene rings is 2. The number of rotatable bonds is 3. The summed E-state index contributed by atoms with van der Waals surface area (Å²) < 4.78 is 6.30. The Balaban J connectivity index is 1.29. The Labute approximate surface area is 190 Å². The van der Waals surface area contributed by atoms with Gasteiger partial charge in [-0.25, -0.2) is 0 Å². The maximum Gasteiger partial charge on any atom is 0.253 e. The zero-order valence-corrected chi connectivity index (χ0v) is 18.3. The van der Waals surface area contributed by atoms with Crippen LogP contribution in [-0.2, 0) is 0 Å². The average Bonchev–Trinajstić information content (AvgIpc) is 3.39. The number of carbonyl (C=O) groups is 3. The topological polar surface area (TPSA) is 104 Å². The highest BCUT2D eigenvalue weighted by atomic mass is 16.5. The van der Waals surface area contributed by atoms with Crippen LogP contribution in [-0.4, -0.2) is 58.4 Å². The molecule has 1 spiro atoms. The Morgan fingerprint density at radius 2 is 1.91 bits per heavy atom. The van der Waals surface area contributed by atoms with E-state index in [0.29, 0.717) is 48.4 Å². The van der Waals surface area contributed by atoms with Gasteiger partial charge < -0.3 is 15.0 Å². The van der Waals surface area contributed by atoms with E-state index in [2.05, 4.69) is 15.5 Å². The molecule has 33 heavy (non-hydrogen) atoms. The van der Waals surface area contributed by atoms with Gasteiger partial charge in [-0.05, 0) is 36.4 Å². The van der Waals surface area contributed by atoms with Gasteiger partial charge in [0.2, 0.25) is 0 Å². The SMILES string of the molecule is CNC(=O)c1ccc2c(c1)C(=O)CC1(CCN(C(=O)c3cccc(-c4cc[nH]n4)c3)CC1)O2. The summed E-state index contributed by atoms with van der Waals surface area (Å²) in [6.45, 7) is 1.01. The van der Waals surface area contributed by atoms with Crippen molar-refractivity contribution in [1.29, 1.82) is 0 Å². The van der Waals surface area contributed by atoms with E-state index in [-0.39, 0.29) is 24.0 Å². The minimum Gasteiger partial charge on any atom is -0.486 e. The minimum absolute atomic E-state index is 0.0338. The van der Waals surface area contributed by atoms with Crippen LogP contribution in [0, 0.1) is 0 Å². The first-order chi connectivity index (χ1) is 16.0. The highest BCUT2D eigenvalue weighted by Gasteiger charge is 2.44. The Morgan fingerprint density at radius 3 is 2.64 bits per heavy atom. The van der Waals surface area contributed by atoms with Crippen molar-refractivity contribution in [3.05, 3.63) is 71.4 Å². The van der Waals surface area contributed by atoms with Gasteiger partial charge >= 0.3 is 0 Å². The molecule has 3 aromatic rings. The van der Waals surface area contributed by atoms with E-state index in [1.165, 1.54) is 0 Å². The molecule has 0 saturated carbocycles. The number of ether oxygens (including phenoxy) is 1. The van der Waals surface area contributed by atoms with Gasteiger partial charge in [-0.3, -0.25) is 19.5 Å². The zero-order valence-electron chi connectivity index (χ0n) is 18.3. The molecule has 1 fully saturated rings. The highest BCUT2D eigenvalue weighted by molar-refractivity contribution is 6.03. The van der Waals surface area contributed by atoms with E-state index in [0.717, 1.165) is 11.3 Å². The van der Waals surface area contributed by atoms with Gasteiger partial charge in [-0.15, -0.1) is 0 Å². The first-order valence-electron chi connectivity index (χ1n) is 11.0. The number of fused-ring (bicyclic) bond motifs is 1. The normalized spacial score (nSPS) is 16.8. The second-order valence-corrected chi connectivity index (χ2v) is 8.51. The number of H-pyrrole nitrogens is 1. The van der Waals surface area contributed by atoms with Crippen molar-refractivity contribution in [1.82, 2.24) is 20.4 Å². The van der Waals surface area contributed by atoms with Crippen LogP contribution in [0.15, 0.2) is 54.7 Å². The van der Waals surface area contributed by atoms with E-state index in [1.54, 1.807) is 31.4 Å². The summed E-state index contributed by atoms with van der Waals surface area (Å²) in [6, 6.07) is 14.2. The lowest BCUT2D eigenvalue weighted by Crippen LogP contribution is -2.52. The Bertz CT molecular complexity index is 1230. The van der Waals surface area contributed by atoms with E-state index < -0.39 is 5.60 Å². The maximum atomic E-state index is 13.1. The third-order valence-electron chi connectivity index (χ3n) is 6.45. The van der Waals surface area contributed by atoms with Crippen molar-refractivity contribution in [2.24, 2.45) is 0 Å². The van der Waals surface area contributed by atoms with Crippen molar-refractivity contribution >= 4 is 17.6 Å². The molecule has 1 saturated heterocycles. The molecular formula is C25H24N4O4. The first-order valence-corrected chi connectivity index (χ1v) is 11.0. The standard InChI is InChI=1S/C25H24N4O4/c1-26-23(31)17-5-6-22-19(14-17)21(30)15-25(33-22)8-11-29(12-9-25)24(32)18-4-2-3-16(13-18)20-7-10-27-28-20/h2-7,10,13-14H,8-9,11-12,15H2,1H3,(H,26,31)(H,27,28). The minimum atomic E-state index is -0.619. The molecule has 2 amide bonds. The molecule has 168 valence electrons. The molecule has 0 atom stereocenters. The molecule has 0 radical (unpaired) electrons. The number of Topliss-reactive ketones (excluding diaryl/α,β-unsaturated/α-hetero) is 1. The molecule has 2 N–H and O–H groups in total. The van der Waals surface area contributed by atoms with Crippen LogP contribution in [0.3, 0.4) is 0 Å². The maximum absolute atomic E-state index is 13.1. The Morgan fingerprint density at radius 1 is 1.09 bits per heavy atom. The fourth-order valence-corrected chi connectivity index (χ4v) is 4.59. The molecule has 0 aliphatic carbocycles. The van der Waals surface area contributed by atoms with Gasteiger partial charge in [-0.2, -0.15) is 5.10 Å². The molecule has 8 nitrogen and oxygen atoms in total. The number of hydrogen-bond donors (Lipinski definition) is 2. The second kappa shape index (κ2) is 8.20. The summed E-state index contributed by atoms with van der Waals surface area (Å²) >= 11 is 0. The van der Waals surface area contributed by atoms with Gasteiger partial charge in [0.05, 0.1) is 17.7 Å². The molecule has 0 bridgehead atoms. The quantitative estimate of drug-likeness (QED) is 0.646. The molecule has 2 aliphatic heterocycles. The van der Waals surface area contributed by atoms with Crippen LogP contribution in [0.1, 0.15) is 50.3 Å². The number of ketones is 1. The van der Waals surface area contributed by atoms with Crippen LogP contribution in [0.5, 0.6) is 5.75 Å². The summed E-state index contributed by atoms with van der Waals surface area (Å²) in [6.07, 6.45) is 3.13. The number of piperidine rings is 1. The summed E-state index contributed by atoms with van der Waals surface area (Å²) in [5, 5.41) is 9.54. The second-order valence-electron chi connectivity index (χ2n) is 8.51. The van der Waals surface area contributed by atoms with E-state index in [1.807, 2.05) is 35.2 Å². The number of aromatic nitrogens is 2. The van der Waals surface area contributed by atoms with Crippen molar-refractivity contribution in [2.75, 3.05) is 20.1 Å². The lowest BCUT2D eigenvalue weighted by atomic mass is 9.82. The fourth-order valence-electron chi connectivity index (χ4n) is 4.59. The Kier molecular flexibility index (Phi) is 5.20. The molecule has 8 heteroatoms. The third-order valence-corrected chi connectivity index (χ3v) is 6.45. The number of carbonyl (C=O) groups excluding carboxylic acids is 3. The summed E-state index contributed by atoms with van der Waals surface area (Å²) in [5.74, 6) is 0.188. The summed E-state index contributed by atoms with van der Waals surface area (Å²) in [5.41, 5.74) is 2.53. The van der Waals surface area contributed by atoms with Crippen LogP contribution in [0.4, 0.5) is 0 Å². The van der Waals surface area contributed by atoms with Crippen molar-refractivity contribution in [2.45, 2.75) is 24.9 Å². The van der Waals surface area contributed by atoms with E-state index >= 15 is 0 Å². The molecule has 1 aromatic heterocycles. The predicted octanol–water partition coefficient (Wildman–Crippen LogP) is 3.08. The number of likely N-dealkylation sites (tertiary alicyclic amines) is 1. The van der Waals surface area contributed by atoms with Crippen LogP contribution in [0.25, 0.3) is 11.3 Å². The van der Waals surface area contributed by atoms with Gasteiger partial charge in [0.1, 0.15) is 11.4 Å². The number of aromatic amines is 1. The lowest BCUT2D eigenvalue weighted by molar-refractivity contribution is -0.00571. The van der Waals surface area contributed by atoms with Crippen LogP contribution < -0.4 is 10.1 Å². The molecular weight excluding hydrogens is 420 g/mol. The molecule has 3 heterocycles. The molecule has 2 aliphatic rings. The highest BCUT2D eigenvalue weighted by Crippen LogP contribution is 2.40. The largest absolute Gasteiger partial charge is 0.486 e. The zero-order chi connectivity index (χ0) is 23.0. The number of amides is 2. The van der Waals surface area contributed by atoms with Gasteiger partial charge in [-0.1, -0.05) is 12.1 Å². The monoisotopic (exact) mass is 444 g/mol. The van der Waals surface area contributed by atoms with Gasteiger partial charge in [0, 0.05) is 55.9 Å². The van der Waals surface area contributed by atoms with Gasteiger partial charge in [0.15, 0.2) is 5.78 Å². The van der Waals surface area contributed by atoms with Crippen molar-refractivity contribution in [3.63, 3.8) is 0 Å². The summed E-state index contributed by atoms with van der Waals surface area (Å²) in [4.78, 5) is 39.8. The van der Waals surface area contributed by atoms with Gasteiger partial charge in [0.25, 0.3) is 11.8 Å². The fraction of sp³-hybridized carbons (Fsp3) is 0.280. The van der Waals surface area contributed by atoms with Crippen molar-refractivity contribution < 1.29 is 19.1 Å². The molecule has 5 rings (SSSR count). The predicted molar refractivity (Wildman–Crippen MR) is 121 cm³/mol.